The molecule has 1 fully saturated rings. The van der Waals surface area contributed by atoms with Crippen molar-refractivity contribution in [2.24, 2.45) is 0 Å². The first-order valence-corrected chi connectivity index (χ1v) is 11.7. The minimum Gasteiger partial charge on any atom is -0.497 e. The van der Waals surface area contributed by atoms with E-state index in [4.69, 9.17) is 26.4 Å². The molecule has 33 heavy (non-hydrogen) atoms. The van der Waals surface area contributed by atoms with Gasteiger partial charge in [0.1, 0.15) is 17.2 Å². The summed E-state index contributed by atoms with van der Waals surface area (Å²) in [4.78, 5) is 15.0. The lowest BCUT2D eigenvalue weighted by Gasteiger charge is -2.13. The van der Waals surface area contributed by atoms with Gasteiger partial charge in [-0.1, -0.05) is 54.3 Å². The van der Waals surface area contributed by atoms with E-state index in [2.05, 4.69) is 0 Å². The highest BCUT2D eigenvalue weighted by Crippen LogP contribution is 2.36. The number of benzene rings is 3. The first-order chi connectivity index (χ1) is 16.1. The molecule has 3 aromatic carbocycles. The zero-order valence-electron chi connectivity index (χ0n) is 18.1. The SMILES string of the molecule is COc1ccc(OCCCOc2ccc(/C=C3/SC(=S)N(c4ccccc4)C3=O)cc2)cc1. The van der Waals surface area contributed by atoms with Gasteiger partial charge in [0.15, 0.2) is 4.32 Å². The summed E-state index contributed by atoms with van der Waals surface area (Å²) in [6.45, 7) is 1.11. The van der Waals surface area contributed by atoms with Crippen molar-refractivity contribution in [3.05, 3.63) is 89.3 Å². The molecule has 0 unspecified atom stereocenters. The Morgan fingerprint density at radius 3 is 2.03 bits per heavy atom. The van der Waals surface area contributed by atoms with Gasteiger partial charge in [0.05, 0.1) is 30.9 Å². The molecular weight excluding hydrogens is 454 g/mol. The third-order valence-corrected chi connectivity index (χ3v) is 6.17. The maximum Gasteiger partial charge on any atom is 0.270 e. The second kappa shape index (κ2) is 11.0. The molecule has 0 spiro atoms. The zero-order chi connectivity index (χ0) is 23.0. The largest absolute Gasteiger partial charge is 0.497 e. The maximum atomic E-state index is 12.8. The van der Waals surface area contributed by atoms with Crippen LogP contribution in [0.15, 0.2) is 83.8 Å². The third kappa shape index (κ3) is 5.94. The van der Waals surface area contributed by atoms with Gasteiger partial charge in [-0.05, 0) is 60.2 Å². The third-order valence-electron chi connectivity index (χ3n) is 4.87. The van der Waals surface area contributed by atoms with E-state index < -0.39 is 0 Å². The number of rotatable bonds is 9. The van der Waals surface area contributed by atoms with Gasteiger partial charge in [-0.25, -0.2) is 0 Å². The highest BCUT2D eigenvalue weighted by molar-refractivity contribution is 8.27. The number of carbonyl (C=O) groups is 1. The minimum absolute atomic E-state index is 0.103. The monoisotopic (exact) mass is 477 g/mol. The molecule has 0 N–H and O–H groups in total. The Kier molecular flexibility index (Phi) is 7.65. The molecule has 1 heterocycles. The van der Waals surface area contributed by atoms with Gasteiger partial charge in [0.2, 0.25) is 0 Å². The van der Waals surface area contributed by atoms with Gasteiger partial charge < -0.3 is 14.2 Å². The first-order valence-electron chi connectivity index (χ1n) is 10.5. The highest BCUT2D eigenvalue weighted by Gasteiger charge is 2.33. The van der Waals surface area contributed by atoms with Crippen molar-refractivity contribution in [3.8, 4) is 17.2 Å². The molecule has 7 heteroatoms. The van der Waals surface area contributed by atoms with Crippen LogP contribution in [0.2, 0.25) is 0 Å². The van der Waals surface area contributed by atoms with Gasteiger partial charge in [-0.3, -0.25) is 9.69 Å². The van der Waals surface area contributed by atoms with Crippen LogP contribution in [0.3, 0.4) is 0 Å². The zero-order valence-corrected chi connectivity index (χ0v) is 19.7. The molecule has 0 atom stereocenters. The lowest BCUT2D eigenvalue weighted by molar-refractivity contribution is -0.113. The number of thioether (sulfide) groups is 1. The molecule has 5 nitrogen and oxygen atoms in total. The van der Waals surface area contributed by atoms with E-state index in [1.807, 2.05) is 84.9 Å². The number of amides is 1. The topological polar surface area (TPSA) is 48.0 Å². The van der Waals surface area contributed by atoms with E-state index >= 15 is 0 Å². The second-order valence-corrected chi connectivity index (χ2v) is 8.82. The fourth-order valence-electron chi connectivity index (χ4n) is 3.19. The Hall–Kier alpha value is -3.29. The Bertz CT molecular complexity index is 1130. The Balaban J connectivity index is 1.26. The lowest BCUT2D eigenvalue weighted by atomic mass is 10.2. The van der Waals surface area contributed by atoms with Crippen LogP contribution in [-0.2, 0) is 4.79 Å². The van der Waals surface area contributed by atoms with Crippen molar-refractivity contribution in [2.75, 3.05) is 25.2 Å². The predicted molar refractivity (Wildman–Crippen MR) is 137 cm³/mol. The van der Waals surface area contributed by atoms with E-state index in [0.717, 1.165) is 34.9 Å². The summed E-state index contributed by atoms with van der Waals surface area (Å²) in [7, 11) is 1.64. The fourth-order valence-corrected chi connectivity index (χ4v) is 4.49. The number of thiocarbonyl (C=S) groups is 1. The number of hydrogen-bond acceptors (Lipinski definition) is 6. The first kappa shape index (κ1) is 22.9. The van der Waals surface area contributed by atoms with Crippen LogP contribution in [0.5, 0.6) is 17.2 Å². The predicted octanol–water partition coefficient (Wildman–Crippen LogP) is 5.95. The molecule has 0 aromatic heterocycles. The molecule has 3 aromatic rings. The Morgan fingerprint density at radius 1 is 0.848 bits per heavy atom. The number of nitrogens with zero attached hydrogens (tertiary/aromatic N) is 1. The smallest absolute Gasteiger partial charge is 0.270 e. The van der Waals surface area contributed by atoms with Gasteiger partial charge in [0.25, 0.3) is 5.91 Å². The number of hydrogen-bond donors (Lipinski definition) is 0. The number of carbonyl (C=O) groups excluding carboxylic acids is 1. The standard InChI is InChI=1S/C26H23NO4S2/c1-29-21-12-14-23(15-13-21)31-17-5-16-30-22-10-8-19(9-11-22)18-24-25(28)27(26(32)33-24)20-6-3-2-4-7-20/h2-4,6-15,18H,5,16-17H2,1H3/b24-18+. The van der Waals surface area contributed by atoms with Crippen LogP contribution in [0, 0.1) is 0 Å². The van der Waals surface area contributed by atoms with Crippen LogP contribution in [-0.4, -0.2) is 30.6 Å². The van der Waals surface area contributed by atoms with E-state index in [-0.39, 0.29) is 5.91 Å². The quantitative estimate of drug-likeness (QED) is 0.216. The van der Waals surface area contributed by atoms with Gasteiger partial charge in [0, 0.05) is 6.42 Å². The van der Waals surface area contributed by atoms with Crippen LogP contribution in [0.25, 0.3) is 6.08 Å². The van der Waals surface area contributed by atoms with Crippen molar-refractivity contribution >= 4 is 46.0 Å². The van der Waals surface area contributed by atoms with Crippen molar-refractivity contribution < 1.29 is 19.0 Å². The molecular formula is C26H23NO4S2. The summed E-state index contributed by atoms with van der Waals surface area (Å²) in [5.74, 6) is 2.27. The molecule has 0 aliphatic carbocycles. The molecule has 0 radical (unpaired) electrons. The summed E-state index contributed by atoms with van der Waals surface area (Å²) in [6.07, 6.45) is 2.62. The van der Waals surface area contributed by atoms with Crippen LogP contribution >= 0.6 is 24.0 Å². The summed E-state index contributed by atoms with van der Waals surface area (Å²) < 4.78 is 17.2. The molecule has 168 valence electrons. The summed E-state index contributed by atoms with van der Waals surface area (Å²) in [5.41, 5.74) is 1.70. The van der Waals surface area contributed by atoms with Crippen LogP contribution in [0.4, 0.5) is 5.69 Å². The van der Waals surface area contributed by atoms with Gasteiger partial charge >= 0.3 is 0 Å². The molecule has 1 aliphatic heterocycles. The lowest BCUT2D eigenvalue weighted by Crippen LogP contribution is -2.27. The number of ether oxygens (including phenoxy) is 3. The number of anilines is 1. The fraction of sp³-hybridized carbons (Fsp3) is 0.154. The Labute approximate surface area is 203 Å². The van der Waals surface area contributed by atoms with E-state index in [1.165, 1.54) is 11.8 Å². The van der Waals surface area contributed by atoms with Crippen LogP contribution in [0.1, 0.15) is 12.0 Å². The second-order valence-electron chi connectivity index (χ2n) is 7.15. The summed E-state index contributed by atoms with van der Waals surface area (Å²) >= 11 is 6.73. The molecule has 0 saturated carbocycles. The Morgan fingerprint density at radius 2 is 1.42 bits per heavy atom. The summed E-state index contributed by atoms with van der Waals surface area (Å²) in [6, 6.07) is 24.6. The highest BCUT2D eigenvalue weighted by atomic mass is 32.2. The van der Waals surface area contributed by atoms with E-state index in [9.17, 15) is 4.79 Å². The normalized spacial score (nSPS) is 14.6. The molecule has 1 amide bonds. The maximum absolute atomic E-state index is 12.8. The van der Waals surface area contributed by atoms with E-state index in [1.54, 1.807) is 12.0 Å². The van der Waals surface area contributed by atoms with Gasteiger partial charge in [-0.2, -0.15) is 0 Å². The molecule has 1 aliphatic rings. The minimum atomic E-state index is -0.103. The van der Waals surface area contributed by atoms with E-state index in [0.29, 0.717) is 22.4 Å². The van der Waals surface area contributed by atoms with Crippen LogP contribution < -0.4 is 19.1 Å². The molecule has 0 bridgehead atoms. The van der Waals surface area contributed by atoms with Crippen molar-refractivity contribution in [1.82, 2.24) is 0 Å². The van der Waals surface area contributed by atoms with Crippen molar-refractivity contribution in [1.29, 1.82) is 0 Å². The molecule has 1 saturated heterocycles. The van der Waals surface area contributed by atoms with Crippen molar-refractivity contribution in [2.45, 2.75) is 6.42 Å². The van der Waals surface area contributed by atoms with Crippen molar-refractivity contribution in [3.63, 3.8) is 0 Å². The number of methoxy groups -OCH3 is 1. The average molecular weight is 478 g/mol. The molecule has 4 rings (SSSR count). The summed E-state index contributed by atoms with van der Waals surface area (Å²) in [5, 5.41) is 0. The van der Waals surface area contributed by atoms with Gasteiger partial charge in [-0.15, -0.1) is 0 Å². The number of para-hydroxylation sites is 1. The average Bonchev–Trinajstić information content (AvgIpc) is 3.13.